The Hall–Kier alpha value is -1.10. The molecule has 0 spiro atoms. The lowest BCUT2D eigenvalue weighted by Crippen LogP contribution is -2.20. The maximum Gasteiger partial charge on any atom is 0.242 e. The number of carbonyl (C=O) groups is 1. The number of anilines is 1. The smallest absolute Gasteiger partial charge is 0.242 e. The molecule has 0 saturated carbocycles. The summed E-state index contributed by atoms with van der Waals surface area (Å²) in [6, 6.07) is 7.34. The quantitative estimate of drug-likeness (QED) is 0.843. The van der Waals surface area contributed by atoms with Crippen LogP contribution in [0, 0.1) is 0 Å². The number of amides is 1. The van der Waals surface area contributed by atoms with Gasteiger partial charge in [-0.25, -0.2) is 0 Å². The number of hydrogen-bond donors (Lipinski definition) is 1. The van der Waals surface area contributed by atoms with Crippen LogP contribution in [-0.4, -0.2) is 24.5 Å². The maximum absolute atomic E-state index is 11.4. The van der Waals surface area contributed by atoms with E-state index in [0.717, 1.165) is 5.56 Å². The summed E-state index contributed by atoms with van der Waals surface area (Å²) in [5, 5.41) is 2.16. The first-order valence-corrected chi connectivity index (χ1v) is 5.88. The van der Waals surface area contributed by atoms with Gasteiger partial charge in [-0.3, -0.25) is 4.79 Å². The molecule has 1 aromatic rings. The SMILES string of the molecule is CC(Cl)C(=O)Nc1ccc(C2OCCO2)cc1. The topological polar surface area (TPSA) is 47.6 Å². The molecular formula is C12H14ClNO3. The average molecular weight is 256 g/mol. The minimum Gasteiger partial charge on any atom is -0.346 e. The number of nitrogens with one attached hydrogen (secondary N) is 1. The summed E-state index contributed by atoms with van der Waals surface area (Å²) in [5.41, 5.74) is 1.66. The third kappa shape index (κ3) is 3.19. The van der Waals surface area contributed by atoms with Gasteiger partial charge in [-0.15, -0.1) is 11.6 Å². The first kappa shape index (κ1) is 12.4. The largest absolute Gasteiger partial charge is 0.346 e. The lowest BCUT2D eigenvalue weighted by Gasteiger charge is -2.11. The van der Waals surface area contributed by atoms with Gasteiger partial charge in [0.15, 0.2) is 6.29 Å². The first-order valence-electron chi connectivity index (χ1n) is 5.45. The van der Waals surface area contributed by atoms with E-state index in [1.54, 1.807) is 19.1 Å². The number of alkyl halides is 1. The van der Waals surface area contributed by atoms with Crippen LogP contribution >= 0.6 is 11.6 Å². The molecule has 1 unspecified atom stereocenters. The van der Waals surface area contributed by atoms with Crippen LogP contribution in [-0.2, 0) is 14.3 Å². The molecule has 1 aliphatic heterocycles. The Kier molecular flexibility index (Phi) is 3.99. The van der Waals surface area contributed by atoms with Gasteiger partial charge >= 0.3 is 0 Å². The van der Waals surface area contributed by atoms with E-state index < -0.39 is 5.38 Å². The predicted octanol–water partition coefficient (Wildman–Crippen LogP) is 2.30. The molecule has 1 N–H and O–H groups in total. The fourth-order valence-electron chi connectivity index (χ4n) is 1.52. The molecule has 4 nitrogen and oxygen atoms in total. The van der Waals surface area contributed by atoms with Crippen LogP contribution < -0.4 is 5.32 Å². The lowest BCUT2D eigenvalue weighted by molar-refractivity contribution is -0.115. The fourth-order valence-corrected chi connectivity index (χ4v) is 1.57. The predicted molar refractivity (Wildman–Crippen MR) is 65.0 cm³/mol. The van der Waals surface area contributed by atoms with Crippen molar-refractivity contribution in [3.8, 4) is 0 Å². The number of carbonyl (C=O) groups excluding carboxylic acids is 1. The second kappa shape index (κ2) is 5.49. The van der Waals surface area contributed by atoms with Crippen molar-refractivity contribution in [2.75, 3.05) is 18.5 Å². The van der Waals surface area contributed by atoms with Crippen LogP contribution in [0.25, 0.3) is 0 Å². The molecular weight excluding hydrogens is 242 g/mol. The molecule has 1 heterocycles. The summed E-state index contributed by atoms with van der Waals surface area (Å²) in [6.07, 6.45) is -0.285. The highest BCUT2D eigenvalue weighted by Crippen LogP contribution is 2.24. The summed E-state index contributed by atoms with van der Waals surface area (Å²) in [5.74, 6) is -0.215. The van der Waals surface area contributed by atoms with Gasteiger partial charge in [0.2, 0.25) is 5.91 Å². The monoisotopic (exact) mass is 255 g/mol. The van der Waals surface area contributed by atoms with Gasteiger partial charge < -0.3 is 14.8 Å². The molecule has 0 bridgehead atoms. The standard InChI is InChI=1S/C12H14ClNO3/c1-8(13)11(15)14-10-4-2-9(3-5-10)12-16-6-7-17-12/h2-5,8,12H,6-7H2,1H3,(H,14,15). The normalized spacial score (nSPS) is 18.0. The first-order chi connectivity index (χ1) is 8.16. The zero-order valence-corrected chi connectivity index (χ0v) is 10.2. The van der Waals surface area contributed by atoms with Crippen LogP contribution in [0.1, 0.15) is 18.8 Å². The van der Waals surface area contributed by atoms with E-state index in [-0.39, 0.29) is 12.2 Å². The molecule has 0 radical (unpaired) electrons. The molecule has 0 aliphatic carbocycles. The average Bonchev–Trinajstić information content (AvgIpc) is 2.83. The Bertz CT molecular complexity index is 385. The Morgan fingerprint density at radius 1 is 1.35 bits per heavy atom. The number of benzene rings is 1. The van der Waals surface area contributed by atoms with E-state index in [1.807, 2.05) is 12.1 Å². The highest BCUT2D eigenvalue weighted by molar-refractivity contribution is 6.32. The lowest BCUT2D eigenvalue weighted by atomic mass is 10.2. The van der Waals surface area contributed by atoms with Crippen LogP contribution in [0.3, 0.4) is 0 Å². The Balaban J connectivity index is 2.00. The van der Waals surface area contributed by atoms with Gasteiger partial charge in [-0.2, -0.15) is 0 Å². The fraction of sp³-hybridized carbons (Fsp3) is 0.417. The molecule has 1 atom stereocenters. The molecule has 1 fully saturated rings. The van der Waals surface area contributed by atoms with Crippen molar-refractivity contribution in [2.45, 2.75) is 18.6 Å². The number of ether oxygens (including phenoxy) is 2. The molecule has 17 heavy (non-hydrogen) atoms. The second-order valence-corrected chi connectivity index (χ2v) is 4.46. The van der Waals surface area contributed by atoms with E-state index in [9.17, 15) is 4.79 Å². The summed E-state index contributed by atoms with van der Waals surface area (Å²) >= 11 is 5.66. The zero-order chi connectivity index (χ0) is 12.3. The molecule has 0 aromatic heterocycles. The van der Waals surface area contributed by atoms with Crippen molar-refractivity contribution >= 4 is 23.2 Å². The van der Waals surface area contributed by atoms with Crippen molar-refractivity contribution < 1.29 is 14.3 Å². The highest BCUT2D eigenvalue weighted by atomic mass is 35.5. The maximum atomic E-state index is 11.4. The van der Waals surface area contributed by atoms with Crippen molar-refractivity contribution in [2.24, 2.45) is 0 Å². The Labute approximate surface area is 105 Å². The van der Waals surface area contributed by atoms with Crippen LogP contribution in [0.2, 0.25) is 0 Å². The van der Waals surface area contributed by atoms with Crippen LogP contribution in [0.5, 0.6) is 0 Å². The third-order valence-electron chi connectivity index (χ3n) is 2.43. The van der Waals surface area contributed by atoms with E-state index in [0.29, 0.717) is 18.9 Å². The second-order valence-electron chi connectivity index (χ2n) is 3.80. The Morgan fingerprint density at radius 2 is 1.94 bits per heavy atom. The number of hydrogen-bond acceptors (Lipinski definition) is 3. The van der Waals surface area contributed by atoms with Crippen LogP contribution in [0.15, 0.2) is 24.3 Å². The van der Waals surface area contributed by atoms with Gasteiger partial charge in [-0.1, -0.05) is 12.1 Å². The van der Waals surface area contributed by atoms with Crippen LogP contribution in [0.4, 0.5) is 5.69 Å². The third-order valence-corrected chi connectivity index (χ3v) is 2.63. The van der Waals surface area contributed by atoms with Crippen molar-refractivity contribution in [3.63, 3.8) is 0 Å². The van der Waals surface area contributed by atoms with Gasteiger partial charge in [0.05, 0.1) is 13.2 Å². The summed E-state index contributed by atoms with van der Waals surface area (Å²) < 4.78 is 10.7. The zero-order valence-electron chi connectivity index (χ0n) is 9.48. The van der Waals surface area contributed by atoms with Gasteiger partial charge in [0, 0.05) is 11.3 Å². The Morgan fingerprint density at radius 3 is 2.47 bits per heavy atom. The van der Waals surface area contributed by atoms with Crippen molar-refractivity contribution in [1.82, 2.24) is 0 Å². The van der Waals surface area contributed by atoms with Crippen molar-refractivity contribution in [3.05, 3.63) is 29.8 Å². The van der Waals surface area contributed by atoms with Gasteiger partial charge in [-0.05, 0) is 19.1 Å². The van der Waals surface area contributed by atoms with E-state index >= 15 is 0 Å². The molecule has 1 aromatic carbocycles. The van der Waals surface area contributed by atoms with Gasteiger partial charge in [0.25, 0.3) is 0 Å². The minimum atomic E-state index is -0.545. The molecule has 1 saturated heterocycles. The van der Waals surface area contributed by atoms with Crippen molar-refractivity contribution in [1.29, 1.82) is 0 Å². The molecule has 1 amide bonds. The van der Waals surface area contributed by atoms with E-state index in [2.05, 4.69) is 5.32 Å². The summed E-state index contributed by atoms with van der Waals surface area (Å²) in [6.45, 7) is 2.87. The molecule has 5 heteroatoms. The van der Waals surface area contributed by atoms with Gasteiger partial charge in [0.1, 0.15) is 5.38 Å². The molecule has 1 aliphatic rings. The highest BCUT2D eigenvalue weighted by Gasteiger charge is 2.18. The molecule has 92 valence electrons. The van der Waals surface area contributed by atoms with E-state index in [1.165, 1.54) is 0 Å². The summed E-state index contributed by atoms with van der Waals surface area (Å²) in [7, 11) is 0. The van der Waals surface area contributed by atoms with E-state index in [4.69, 9.17) is 21.1 Å². The number of rotatable bonds is 3. The summed E-state index contributed by atoms with van der Waals surface area (Å²) in [4.78, 5) is 11.4. The minimum absolute atomic E-state index is 0.215. The molecule has 2 rings (SSSR count). The number of halogens is 1.